The lowest BCUT2D eigenvalue weighted by Gasteiger charge is -2.07. The van der Waals surface area contributed by atoms with Gasteiger partial charge in [0.25, 0.3) is 5.91 Å². The highest BCUT2D eigenvalue weighted by Crippen LogP contribution is 2.20. The predicted molar refractivity (Wildman–Crippen MR) is 81.7 cm³/mol. The number of carbonyl (C=O) groups is 1. The van der Waals surface area contributed by atoms with E-state index in [2.05, 4.69) is 5.32 Å². The van der Waals surface area contributed by atoms with Crippen molar-refractivity contribution in [2.24, 2.45) is 5.73 Å². The molecule has 0 fully saturated rings. The van der Waals surface area contributed by atoms with E-state index in [4.69, 9.17) is 29.6 Å². The van der Waals surface area contributed by atoms with Crippen molar-refractivity contribution in [3.8, 4) is 0 Å². The number of anilines is 1. The number of amides is 1. The van der Waals surface area contributed by atoms with Crippen LogP contribution in [-0.2, 0) is 0 Å². The van der Waals surface area contributed by atoms with Gasteiger partial charge in [0, 0.05) is 16.8 Å². The highest BCUT2D eigenvalue weighted by Gasteiger charge is 2.09. The number of thiocarbonyl (C=S) groups is 1. The summed E-state index contributed by atoms with van der Waals surface area (Å²) in [5.74, 6) is -0.897. The first-order chi connectivity index (χ1) is 9.47. The van der Waals surface area contributed by atoms with Crippen molar-refractivity contribution in [2.75, 3.05) is 5.32 Å². The summed E-state index contributed by atoms with van der Waals surface area (Å²) in [6.07, 6.45) is 0. The zero-order valence-electron chi connectivity index (χ0n) is 10.2. The van der Waals surface area contributed by atoms with Crippen LogP contribution in [0.5, 0.6) is 0 Å². The summed E-state index contributed by atoms with van der Waals surface area (Å²) in [5, 5.41) is 2.56. The van der Waals surface area contributed by atoms with E-state index in [0.717, 1.165) is 0 Å². The lowest BCUT2D eigenvalue weighted by Crippen LogP contribution is -2.14. The minimum absolute atomic E-state index is 0.0558. The van der Waals surface area contributed by atoms with E-state index >= 15 is 0 Å². The summed E-state index contributed by atoms with van der Waals surface area (Å²) in [7, 11) is 0. The number of halogens is 2. The molecule has 0 atom stereocenters. The van der Waals surface area contributed by atoms with Crippen LogP contribution in [0.4, 0.5) is 10.1 Å². The molecule has 0 aliphatic rings. The smallest absolute Gasteiger partial charge is 0.255 e. The molecule has 0 aliphatic carbocycles. The van der Waals surface area contributed by atoms with E-state index in [9.17, 15) is 9.18 Å². The van der Waals surface area contributed by atoms with Crippen LogP contribution in [0.3, 0.4) is 0 Å². The minimum Gasteiger partial charge on any atom is -0.389 e. The van der Waals surface area contributed by atoms with E-state index in [1.165, 1.54) is 18.2 Å². The van der Waals surface area contributed by atoms with E-state index in [1.54, 1.807) is 24.3 Å². The molecular weight excluding hydrogens is 299 g/mol. The van der Waals surface area contributed by atoms with E-state index in [-0.39, 0.29) is 15.9 Å². The Labute approximate surface area is 125 Å². The molecule has 2 aromatic rings. The number of carbonyl (C=O) groups excluding carboxylic acids is 1. The van der Waals surface area contributed by atoms with Gasteiger partial charge in [0.2, 0.25) is 0 Å². The second-order valence-corrected chi connectivity index (χ2v) is 4.88. The molecule has 0 saturated carbocycles. The Morgan fingerprint density at radius 2 is 1.90 bits per heavy atom. The molecule has 6 heteroatoms. The molecule has 102 valence electrons. The Kier molecular flexibility index (Phi) is 4.32. The van der Waals surface area contributed by atoms with Crippen molar-refractivity contribution in [1.82, 2.24) is 0 Å². The Morgan fingerprint density at radius 3 is 2.55 bits per heavy atom. The maximum Gasteiger partial charge on any atom is 0.255 e. The SMILES string of the molecule is NC(=S)c1cccc(C(=O)Nc2ccc(F)c(Cl)c2)c1. The van der Waals surface area contributed by atoms with Crippen molar-refractivity contribution >= 4 is 40.4 Å². The summed E-state index contributed by atoms with van der Waals surface area (Å²) in [6.45, 7) is 0. The minimum atomic E-state index is -0.542. The fraction of sp³-hybridized carbons (Fsp3) is 0. The van der Waals surface area contributed by atoms with Crippen molar-refractivity contribution < 1.29 is 9.18 Å². The number of rotatable bonds is 3. The summed E-state index contributed by atoms with van der Waals surface area (Å²) in [5.41, 5.74) is 6.92. The fourth-order valence-corrected chi connectivity index (χ4v) is 1.90. The van der Waals surface area contributed by atoms with Gasteiger partial charge >= 0.3 is 0 Å². The normalized spacial score (nSPS) is 10.1. The molecule has 3 nitrogen and oxygen atoms in total. The second-order valence-electron chi connectivity index (χ2n) is 4.03. The average molecular weight is 309 g/mol. The molecule has 0 radical (unpaired) electrons. The standard InChI is InChI=1S/C14H10ClFN2OS/c15-11-7-10(4-5-12(11)16)18-14(19)9-3-1-2-8(6-9)13(17)20/h1-7H,(H2,17,20)(H,18,19). The molecule has 1 amide bonds. The third kappa shape index (κ3) is 3.31. The highest BCUT2D eigenvalue weighted by molar-refractivity contribution is 7.80. The fourth-order valence-electron chi connectivity index (χ4n) is 1.59. The maximum atomic E-state index is 13.0. The van der Waals surface area contributed by atoms with Crippen LogP contribution in [0.1, 0.15) is 15.9 Å². The molecule has 0 saturated heterocycles. The first-order valence-electron chi connectivity index (χ1n) is 5.63. The monoisotopic (exact) mass is 308 g/mol. The van der Waals surface area contributed by atoms with Gasteiger partial charge in [-0.1, -0.05) is 36.0 Å². The largest absolute Gasteiger partial charge is 0.389 e. The number of hydrogen-bond acceptors (Lipinski definition) is 2. The average Bonchev–Trinajstić information content (AvgIpc) is 2.43. The molecule has 0 aromatic heterocycles. The predicted octanol–water partition coefficient (Wildman–Crippen LogP) is 3.37. The molecule has 0 aliphatic heterocycles. The van der Waals surface area contributed by atoms with E-state index in [1.807, 2.05) is 0 Å². The van der Waals surface area contributed by atoms with E-state index in [0.29, 0.717) is 16.8 Å². The molecule has 0 heterocycles. The Morgan fingerprint density at radius 1 is 1.20 bits per heavy atom. The quantitative estimate of drug-likeness (QED) is 0.855. The molecule has 0 unspecified atom stereocenters. The first-order valence-corrected chi connectivity index (χ1v) is 6.42. The Hall–Kier alpha value is -1.98. The molecule has 2 rings (SSSR count). The van der Waals surface area contributed by atoms with Gasteiger partial charge in [-0.25, -0.2) is 4.39 Å². The summed E-state index contributed by atoms with van der Waals surface area (Å²) < 4.78 is 13.0. The van der Waals surface area contributed by atoms with Crippen molar-refractivity contribution in [3.63, 3.8) is 0 Å². The summed E-state index contributed by atoms with van der Waals surface area (Å²) >= 11 is 10.5. The van der Waals surface area contributed by atoms with Crippen LogP contribution in [0.25, 0.3) is 0 Å². The number of nitrogens with one attached hydrogen (secondary N) is 1. The molecule has 2 aromatic carbocycles. The number of benzene rings is 2. The molecule has 0 bridgehead atoms. The summed E-state index contributed by atoms with van der Waals surface area (Å²) in [6, 6.07) is 10.6. The number of nitrogens with two attached hydrogens (primary N) is 1. The van der Waals surface area contributed by atoms with Gasteiger partial charge in [-0.05, 0) is 30.3 Å². The van der Waals surface area contributed by atoms with Gasteiger partial charge in [-0.3, -0.25) is 4.79 Å². The topological polar surface area (TPSA) is 55.1 Å². The Balaban J connectivity index is 2.21. The van der Waals surface area contributed by atoms with E-state index < -0.39 is 5.82 Å². The van der Waals surface area contributed by atoms with Gasteiger partial charge in [-0.2, -0.15) is 0 Å². The van der Waals surface area contributed by atoms with Crippen LogP contribution >= 0.6 is 23.8 Å². The van der Waals surface area contributed by atoms with Gasteiger partial charge in [0.1, 0.15) is 10.8 Å². The molecular formula is C14H10ClFN2OS. The van der Waals surface area contributed by atoms with Crippen LogP contribution in [0, 0.1) is 5.82 Å². The van der Waals surface area contributed by atoms with Crippen LogP contribution in [-0.4, -0.2) is 10.9 Å². The molecule has 20 heavy (non-hydrogen) atoms. The molecule has 3 N–H and O–H groups in total. The van der Waals surface area contributed by atoms with Gasteiger partial charge in [0.05, 0.1) is 5.02 Å². The van der Waals surface area contributed by atoms with Crippen molar-refractivity contribution in [3.05, 3.63) is 64.4 Å². The zero-order valence-corrected chi connectivity index (χ0v) is 11.8. The van der Waals surface area contributed by atoms with Gasteiger partial charge in [-0.15, -0.1) is 0 Å². The van der Waals surface area contributed by atoms with Crippen LogP contribution < -0.4 is 11.1 Å². The van der Waals surface area contributed by atoms with Crippen molar-refractivity contribution in [1.29, 1.82) is 0 Å². The second kappa shape index (κ2) is 5.98. The van der Waals surface area contributed by atoms with Crippen LogP contribution in [0.2, 0.25) is 5.02 Å². The number of hydrogen-bond donors (Lipinski definition) is 2. The van der Waals surface area contributed by atoms with Crippen molar-refractivity contribution in [2.45, 2.75) is 0 Å². The lowest BCUT2D eigenvalue weighted by molar-refractivity contribution is 0.102. The summed E-state index contributed by atoms with van der Waals surface area (Å²) in [4.78, 5) is 12.3. The van der Waals surface area contributed by atoms with Gasteiger partial charge in [0.15, 0.2) is 0 Å². The Bertz CT molecular complexity index is 691. The third-order valence-corrected chi connectivity index (χ3v) is 3.11. The highest BCUT2D eigenvalue weighted by atomic mass is 35.5. The lowest BCUT2D eigenvalue weighted by atomic mass is 10.1. The first kappa shape index (κ1) is 14.4. The zero-order chi connectivity index (χ0) is 14.7. The maximum absolute atomic E-state index is 13.0. The molecule has 0 spiro atoms. The van der Waals surface area contributed by atoms with Crippen LogP contribution in [0.15, 0.2) is 42.5 Å². The van der Waals surface area contributed by atoms with Gasteiger partial charge < -0.3 is 11.1 Å². The third-order valence-electron chi connectivity index (χ3n) is 2.59.